The molecule has 1 amide bonds. The van der Waals surface area contributed by atoms with E-state index in [4.69, 9.17) is 25.8 Å². The number of piperidine rings is 1. The van der Waals surface area contributed by atoms with Gasteiger partial charge in [0.25, 0.3) is 0 Å². The van der Waals surface area contributed by atoms with Crippen molar-refractivity contribution in [2.24, 2.45) is 11.8 Å². The number of rotatable bonds is 6. The zero-order valence-electron chi connectivity index (χ0n) is 19.3. The molecule has 2 saturated carbocycles. The van der Waals surface area contributed by atoms with Gasteiger partial charge in [0.15, 0.2) is 17.3 Å². The maximum atomic E-state index is 15.4. The number of methoxy groups -OCH3 is 1. The molecule has 4 aliphatic rings. The fourth-order valence-corrected chi connectivity index (χ4v) is 6.34. The van der Waals surface area contributed by atoms with Crippen LogP contribution in [0.5, 0.6) is 0 Å². The number of esters is 1. The second-order valence-corrected chi connectivity index (χ2v) is 10.2. The van der Waals surface area contributed by atoms with E-state index in [1.54, 1.807) is 6.20 Å². The highest BCUT2D eigenvalue weighted by Crippen LogP contribution is 2.64. The third-order valence-electron chi connectivity index (χ3n) is 7.90. The lowest BCUT2D eigenvalue weighted by Crippen LogP contribution is -2.44. The lowest BCUT2D eigenvalue weighted by atomic mass is 10.0. The summed E-state index contributed by atoms with van der Waals surface area (Å²) in [5.41, 5.74) is 2.12. The first kappa shape index (κ1) is 23.0. The molecule has 2 aliphatic heterocycles. The average molecular weight is 508 g/mol. The Morgan fingerprint density at radius 2 is 2.11 bits per heavy atom. The minimum Gasteiger partial charge on any atom is -0.467 e. The summed E-state index contributed by atoms with van der Waals surface area (Å²) in [5, 5.41) is 10.1. The van der Waals surface area contributed by atoms with Crippen molar-refractivity contribution in [1.29, 1.82) is 0 Å². The first-order chi connectivity index (χ1) is 16.9. The highest BCUT2D eigenvalue weighted by molar-refractivity contribution is 6.30. The summed E-state index contributed by atoms with van der Waals surface area (Å²) in [6, 6.07) is -0.761. The molecule has 2 aromatic heterocycles. The average Bonchev–Trinajstić information content (AvgIpc) is 3.76. The third kappa shape index (κ3) is 3.68. The van der Waals surface area contributed by atoms with E-state index in [2.05, 4.69) is 4.98 Å². The van der Waals surface area contributed by atoms with Crippen molar-refractivity contribution in [1.82, 2.24) is 14.5 Å². The Bertz CT molecular complexity index is 1190. The smallest absolute Gasteiger partial charge is 0.408 e. The second kappa shape index (κ2) is 8.60. The van der Waals surface area contributed by atoms with Crippen molar-refractivity contribution in [3.63, 3.8) is 0 Å². The largest absolute Gasteiger partial charge is 0.467 e. The zero-order valence-corrected chi connectivity index (χ0v) is 20.0. The van der Waals surface area contributed by atoms with Crippen LogP contribution in [0.3, 0.4) is 0 Å². The van der Waals surface area contributed by atoms with E-state index >= 15 is 4.39 Å². The van der Waals surface area contributed by atoms with Crippen LogP contribution >= 0.6 is 11.6 Å². The number of carbonyl (C=O) groups excluding carboxylic acids is 1. The fourth-order valence-electron chi connectivity index (χ4n) is 6.20. The van der Waals surface area contributed by atoms with Gasteiger partial charge in [0, 0.05) is 42.4 Å². The maximum Gasteiger partial charge on any atom is 0.408 e. The monoisotopic (exact) mass is 507 g/mol. The van der Waals surface area contributed by atoms with Crippen molar-refractivity contribution in [2.75, 3.05) is 20.3 Å². The summed E-state index contributed by atoms with van der Waals surface area (Å²) in [6.07, 6.45) is 4.79. The van der Waals surface area contributed by atoms with E-state index in [9.17, 15) is 14.7 Å². The number of aromatic nitrogens is 2. The van der Waals surface area contributed by atoms with Crippen molar-refractivity contribution in [3.8, 4) is 0 Å². The Hall–Kier alpha value is -2.43. The van der Waals surface area contributed by atoms with Gasteiger partial charge in [-0.2, -0.15) is 0 Å². The maximum absolute atomic E-state index is 15.4. The lowest BCUT2D eigenvalue weighted by Gasteiger charge is -2.25. The molecular weight excluding hydrogens is 481 g/mol. The summed E-state index contributed by atoms with van der Waals surface area (Å²) in [4.78, 5) is 29.6. The molecule has 188 valence electrons. The van der Waals surface area contributed by atoms with Crippen LogP contribution in [0.25, 0.3) is 10.9 Å². The number of carboxylic acid groups (broad SMARTS) is 1. The van der Waals surface area contributed by atoms with Gasteiger partial charge in [-0.3, -0.25) is 4.90 Å². The molecule has 11 heteroatoms. The van der Waals surface area contributed by atoms with Gasteiger partial charge in [-0.25, -0.2) is 19.0 Å². The molecule has 2 aromatic rings. The molecule has 5 atom stereocenters. The van der Waals surface area contributed by atoms with Crippen molar-refractivity contribution >= 4 is 34.6 Å². The quantitative estimate of drug-likeness (QED) is 0.464. The Morgan fingerprint density at radius 3 is 2.77 bits per heavy atom. The van der Waals surface area contributed by atoms with Gasteiger partial charge in [0.05, 0.1) is 19.2 Å². The number of halogens is 2. The van der Waals surface area contributed by atoms with E-state index in [0.29, 0.717) is 17.5 Å². The normalized spacial score (nSPS) is 29.9. The fraction of sp³-hybridized carbons (Fsp3) is 0.625. The summed E-state index contributed by atoms with van der Waals surface area (Å²) >= 11 is 6.09. The van der Waals surface area contributed by atoms with Gasteiger partial charge in [-0.05, 0) is 49.5 Å². The Kier molecular flexibility index (Phi) is 5.65. The number of carbonyl (C=O) groups is 2. The van der Waals surface area contributed by atoms with E-state index in [1.807, 2.05) is 4.57 Å². The molecule has 0 radical (unpaired) electrons. The Labute approximate surface area is 206 Å². The third-order valence-corrected chi connectivity index (χ3v) is 8.16. The van der Waals surface area contributed by atoms with Crippen LogP contribution in [-0.2, 0) is 25.6 Å². The van der Waals surface area contributed by atoms with Crippen LogP contribution in [0, 0.1) is 17.7 Å². The molecule has 6 rings (SSSR count). The molecule has 35 heavy (non-hydrogen) atoms. The number of pyridine rings is 1. The van der Waals surface area contributed by atoms with Crippen LogP contribution < -0.4 is 0 Å². The van der Waals surface area contributed by atoms with Gasteiger partial charge in [-0.15, -0.1) is 0 Å². The Morgan fingerprint density at radius 1 is 1.31 bits per heavy atom. The molecule has 2 aliphatic carbocycles. The van der Waals surface area contributed by atoms with Crippen LogP contribution in [0.15, 0.2) is 6.20 Å². The molecular formula is C24H27ClFN3O6. The summed E-state index contributed by atoms with van der Waals surface area (Å²) in [5.74, 6) is -1.60. The molecule has 0 spiro atoms. The van der Waals surface area contributed by atoms with Crippen LogP contribution in [0.4, 0.5) is 9.18 Å². The molecule has 0 aromatic carbocycles. The van der Waals surface area contributed by atoms with Gasteiger partial charge in [0.1, 0.15) is 6.04 Å². The van der Waals surface area contributed by atoms with Gasteiger partial charge in [0.2, 0.25) is 0 Å². The highest BCUT2D eigenvalue weighted by Gasteiger charge is 2.66. The van der Waals surface area contributed by atoms with Crippen LogP contribution in [0.1, 0.15) is 55.3 Å². The van der Waals surface area contributed by atoms with E-state index in [0.717, 1.165) is 48.3 Å². The molecule has 4 heterocycles. The van der Waals surface area contributed by atoms with Crippen LogP contribution in [0.2, 0.25) is 5.15 Å². The second-order valence-electron chi connectivity index (χ2n) is 9.86. The Balaban J connectivity index is 1.44. The number of hydrogen-bond donors (Lipinski definition) is 1. The number of hydrogen-bond acceptors (Lipinski definition) is 6. The molecule has 1 N–H and O–H groups in total. The van der Waals surface area contributed by atoms with Gasteiger partial charge < -0.3 is 23.9 Å². The number of nitrogens with zero attached hydrogens (tertiary/aromatic N) is 3. The van der Waals surface area contributed by atoms with Gasteiger partial charge in [-0.1, -0.05) is 11.6 Å². The van der Waals surface area contributed by atoms with Crippen molar-refractivity contribution in [2.45, 2.75) is 63.0 Å². The standard InChI is InChI=1S/C24H27ClFN3O6/c1-33-23(30)21-18-13(9-28(21)24(31)32)17(18)16-12-8-27-22(25)19(26)20(12)29(11-5-6-11)14(16)10-35-15-4-2-3-7-34-15/h8,11,13,15,17-18,21H,2-7,9-10H2,1H3,(H,31,32)/t13-,15?,17+,18-,21+/m1/s1. The minimum atomic E-state index is -1.15. The first-order valence-electron chi connectivity index (χ1n) is 12.1. The first-order valence-corrected chi connectivity index (χ1v) is 12.5. The van der Waals surface area contributed by atoms with E-state index in [1.165, 1.54) is 7.11 Å². The van der Waals surface area contributed by atoms with E-state index in [-0.39, 0.29) is 48.4 Å². The predicted molar refractivity (Wildman–Crippen MR) is 122 cm³/mol. The highest BCUT2D eigenvalue weighted by atomic mass is 35.5. The lowest BCUT2D eigenvalue weighted by molar-refractivity contribution is -0.169. The van der Waals surface area contributed by atoms with Crippen molar-refractivity contribution in [3.05, 3.63) is 28.4 Å². The minimum absolute atomic E-state index is 0.0723. The SMILES string of the molecule is COC(=O)[C@@H]1[C@@H]2[C@H](CN1C(=O)O)[C@H]2c1c(COC2CCCCO2)n(C2CC2)c2c(F)c(Cl)ncc12. The predicted octanol–water partition coefficient (Wildman–Crippen LogP) is 4.07. The number of fused-ring (bicyclic) bond motifs is 2. The molecule has 2 saturated heterocycles. The molecule has 0 bridgehead atoms. The molecule has 4 fully saturated rings. The zero-order chi connectivity index (χ0) is 24.4. The molecule has 9 nitrogen and oxygen atoms in total. The number of amides is 1. The molecule has 1 unspecified atom stereocenters. The van der Waals surface area contributed by atoms with E-state index < -0.39 is 23.9 Å². The summed E-state index contributed by atoms with van der Waals surface area (Å²) in [7, 11) is 1.26. The van der Waals surface area contributed by atoms with Crippen LogP contribution in [-0.4, -0.2) is 64.2 Å². The number of likely N-dealkylation sites (tertiary alicyclic amines) is 1. The number of ether oxygens (including phenoxy) is 3. The van der Waals surface area contributed by atoms with Gasteiger partial charge >= 0.3 is 12.1 Å². The topological polar surface area (TPSA) is 103 Å². The van der Waals surface area contributed by atoms with Crippen molar-refractivity contribution < 1.29 is 33.3 Å². The summed E-state index contributed by atoms with van der Waals surface area (Å²) in [6.45, 7) is 1.09. The summed E-state index contributed by atoms with van der Waals surface area (Å²) < 4.78 is 34.3.